The van der Waals surface area contributed by atoms with Gasteiger partial charge in [-0.15, -0.1) is 6.42 Å². The first-order valence-corrected chi connectivity index (χ1v) is 9.91. The minimum Gasteiger partial charge on any atom is -0.489 e. The number of amides is 1. The van der Waals surface area contributed by atoms with E-state index < -0.39 is 0 Å². The van der Waals surface area contributed by atoms with Gasteiger partial charge in [-0.3, -0.25) is 4.79 Å². The van der Waals surface area contributed by atoms with Crippen LogP contribution in [0.4, 0.5) is 0 Å². The van der Waals surface area contributed by atoms with Crippen LogP contribution in [0.15, 0.2) is 82.4 Å². The molecule has 0 aliphatic rings. The molecule has 3 rings (SSSR count). The molecule has 0 aliphatic heterocycles. The molecule has 0 bridgehead atoms. The molecule has 0 heterocycles. The van der Waals surface area contributed by atoms with Crippen LogP contribution in [0.2, 0.25) is 0 Å². The third-order valence-corrected chi connectivity index (χ3v) is 4.75. The van der Waals surface area contributed by atoms with E-state index >= 15 is 0 Å². The largest absolute Gasteiger partial charge is 0.489 e. The number of carbonyl (C=O) groups is 1. The van der Waals surface area contributed by atoms with Crippen LogP contribution >= 0.6 is 15.9 Å². The van der Waals surface area contributed by atoms with Gasteiger partial charge in [-0.1, -0.05) is 52.2 Å². The first kappa shape index (κ1) is 21.2. The van der Waals surface area contributed by atoms with E-state index in [1.54, 1.807) is 36.4 Å². The van der Waals surface area contributed by atoms with E-state index in [-0.39, 0.29) is 12.5 Å². The highest BCUT2D eigenvalue weighted by Crippen LogP contribution is 2.21. The topological polar surface area (TPSA) is 59.9 Å². The number of terminal acetylenes is 1. The van der Waals surface area contributed by atoms with Gasteiger partial charge in [0.15, 0.2) is 0 Å². The fraction of sp³-hybridized carbons (Fsp3) is 0.0833. The van der Waals surface area contributed by atoms with Gasteiger partial charge in [0.2, 0.25) is 0 Å². The fourth-order valence-electron chi connectivity index (χ4n) is 2.50. The van der Waals surface area contributed by atoms with E-state index in [2.05, 4.69) is 32.4 Å². The molecule has 0 unspecified atom stereocenters. The summed E-state index contributed by atoms with van der Waals surface area (Å²) >= 11 is 3.44. The molecule has 5 nitrogen and oxygen atoms in total. The number of ether oxygens (including phenoxy) is 2. The van der Waals surface area contributed by atoms with Crippen molar-refractivity contribution in [3.8, 4) is 23.8 Å². The average molecular weight is 463 g/mol. The molecular weight excluding hydrogens is 444 g/mol. The van der Waals surface area contributed by atoms with Gasteiger partial charge in [-0.25, -0.2) is 5.43 Å². The molecule has 0 spiro atoms. The Labute approximate surface area is 183 Å². The lowest BCUT2D eigenvalue weighted by Gasteiger charge is -2.07. The van der Waals surface area contributed by atoms with Crippen molar-refractivity contribution in [3.63, 3.8) is 0 Å². The van der Waals surface area contributed by atoms with Gasteiger partial charge in [0.05, 0.1) is 6.21 Å². The predicted octanol–water partition coefficient (Wildman–Crippen LogP) is 4.80. The molecule has 0 fully saturated rings. The van der Waals surface area contributed by atoms with Crippen molar-refractivity contribution in [2.75, 3.05) is 6.61 Å². The highest BCUT2D eigenvalue weighted by molar-refractivity contribution is 9.10. The van der Waals surface area contributed by atoms with Gasteiger partial charge in [0.1, 0.15) is 24.7 Å². The normalized spacial score (nSPS) is 10.4. The summed E-state index contributed by atoms with van der Waals surface area (Å²) in [5.41, 5.74) is 4.81. The van der Waals surface area contributed by atoms with E-state index in [1.807, 2.05) is 36.4 Å². The molecule has 0 radical (unpaired) electrons. The van der Waals surface area contributed by atoms with Gasteiger partial charge >= 0.3 is 0 Å². The third-order valence-electron chi connectivity index (χ3n) is 4.02. The van der Waals surface area contributed by atoms with Crippen molar-refractivity contribution >= 4 is 28.1 Å². The molecule has 3 aromatic carbocycles. The quantitative estimate of drug-likeness (QED) is 0.297. The lowest BCUT2D eigenvalue weighted by Crippen LogP contribution is -2.17. The lowest BCUT2D eigenvalue weighted by molar-refractivity contribution is 0.0955. The monoisotopic (exact) mass is 462 g/mol. The van der Waals surface area contributed by atoms with Crippen molar-refractivity contribution in [3.05, 3.63) is 94.0 Å². The number of hydrazone groups is 1. The summed E-state index contributed by atoms with van der Waals surface area (Å²) in [6.45, 7) is 0.648. The van der Waals surface area contributed by atoms with Crippen LogP contribution in [0, 0.1) is 12.3 Å². The summed E-state index contributed by atoms with van der Waals surface area (Å²) < 4.78 is 11.9. The molecule has 30 heavy (non-hydrogen) atoms. The smallest absolute Gasteiger partial charge is 0.271 e. The molecular formula is C24H19BrN2O3. The zero-order chi connectivity index (χ0) is 21.2. The Bertz CT molecular complexity index is 1060. The molecule has 1 N–H and O–H groups in total. The van der Waals surface area contributed by atoms with Crippen molar-refractivity contribution in [2.45, 2.75) is 6.61 Å². The number of carbonyl (C=O) groups excluding carboxylic acids is 1. The fourth-order valence-corrected chi connectivity index (χ4v) is 2.85. The molecule has 1 amide bonds. The summed E-state index contributed by atoms with van der Waals surface area (Å²) in [5, 5.41) is 4.02. The Morgan fingerprint density at radius 3 is 2.50 bits per heavy atom. The van der Waals surface area contributed by atoms with Gasteiger partial charge in [0.25, 0.3) is 5.91 Å². The zero-order valence-electron chi connectivity index (χ0n) is 16.0. The minimum absolute atomic E-state index is 0.181. The second-order valence-electron chi connectivity index (χ2n) is 6.17. The van der Waals surface area contributed by atoms with E-state index in [0.717, 1.165) is 15.6 Å². The van der Waals surface area contributed by atoms with Gasteiger partial charge in [-0.05, 0) is 48.0 Å². The second kappa shape index (κ2) is 10.8. The van der Waals surface area contributed by atoms with Crippen molar-refractivity contribution in [1.29, 1.82) is 0 Å². The summed E-state index contributed by atoms with van der Waals surface area (Å²) in [7, 11) is 0. The summed E-state index contributed by atoms with van der Waals surface area (Å²) in [4.78, 5) is 12.3. The number of halogens is 1. The lowest BCUT2D eigenvalue weighted by atomic mass is 10.2. The van der Waals surface area contributed by atoms with Crippen molar-refractivity contribution < 1.29 is 14.3 Å². The number of hydrogen-bond acceptors (Lipinski definition) is 4. The highest BCUT2D eigenvalue weighted by atomic mass is 79.9. The maximum absolute atomic E-state index is 12.3. The highest BCUT2D eigenvalue weighted by Gasteiger charge is 2.05. The Morgan fingerprint density at radius 1 is 1.03 bits per heavy atom. The molecule has 0 saturated heterocycles. The molecule has 3 aromatic rings. The van der Waals surface area contributed by atoms with E-state index in [4.69, 9.17) is 15.9 Å². The Balaban J connectivity index is 1.55. The maximum atomic E-state index is 12.3. The summed E-state index contributed by atoms with van der Waals surface area (Å²) in [5.74, 6) is 3.40. The molecule has 0 atom stereocenters. The SMILES string of the molecule is C#CCOc1ccc(Br)c(/C=N\NC(=O)c2ccc(OCc3ccccc3)cc2)c1. The van der Waals surface area contributed by atoms with Gasteiger partial charge < -0.3 is 9.47 Å². The third kappa shape index (κ3) is 6.23. The van der Waals surface area contributed by atoms with Crippen LogP contribution in [0.25, 0.3) is 0 Å². The zero-order valence-corrected chi connectivity index (χ0v) is 17.6. The maximum Gasteiger partial charge on any atom is 0.271 e. The Morgan fingerprint density at radius 2 is 1.77 bits per heavy atom. The molecule has 0 aliphatic carbocycles. The summed E-state index contributed by atoms with van der Waals surface area (Å²) in [6.07, 6.45) is 6.73. The molecule has 6 heteroatoms. The molecule has 0 aromatic heterocycles. The van der Waals surface area contributed by atoms with Crippen molar-refractivity contribution in [2.24, 2.45) is 5.10 Å². The number of benzene rings is 3. The number of nitrogens with one attached hydrogen (secondary N) is 1. The minimum atomic E-state index is -0.322. The summed E-state index contributed by atoms with van der Waals surface area (Å²) in [6, 6.07) is 22.2. The van der Waals surface area contributed by atoms with E-state index in [9.17, 15) is 4.79 Å². The second-order valence-corrected chi connectivity index (χ2v) is 7.03. The van der Waals surface area contributed by atoms with Crippen LogP contribution in [0.3, 0.4) is 0 Å². The van der Waals surface area contributed by atoms with Crippen LogP contribution in [-0.4, -0.2) is 18.7 Å². The number of rotatable bonds is 8. The van der Waals surface area contributed by atoms with E-state index in [0.29, 0.717) is 23.7 Å². The van der Waals surface area contributed by atoms with Crippen LogP contribution in [0.1, 0.15) is 21.5 Å². The van der Waals surface area contributed by atoms with E-state index in [1.165, 1.54) is 6.21 Å². The number of nitrogens with zero attached hydrogens (tertiary/aromatic N) is 1. The first-order chi connectivity index (χ1) is 14.7. The Hall–Kier alpha value is -3.56. The van der Waals surface area contributed by atoms with Crippen LogP contribution in [-0.2, 0) is 6.61 Å². The average Bonchev–Trinajstić information content (AvgIpc) is 2.79. The predicted molar refractivity (Wildman–Crippen MR) is 121 cm³/mol. The molecule has 0 saturated carbocycles. The van der Waals surface area contributed by atoms with Gasteiger partial charge in [0, 0.05) is 15.6 Å². The Kier molecular flexibility index (Phi) is 7.64. The van der Waals surface area contributed by atoms with Crippen LogP contribution < -0.4 is 14.9 Å². The number of hydrogen-bond donors (Lipinski definition) is 1. The standard InChI is InChI=1S/C24H19BrN2O3/c1-2-14-29-22-12-13-23(25)20(15-22)16-26-27-24(28)19-8-10-21(11-9-19)30-17-18-6-4-3-5-7-18/h1,3-13,15-16H,14,17H2,(H,27,28)/b26-16-. The van der Waals surface area contributed by atoms with Gasteiger partial charge in [-0.2, -0.15) is 5.10 Å². The first-order valence-electron chi connectivity index (χ1n) is 9.12. The van der Waals surface area contributed by atoms with Crippen LogP contribution in [0.5, 0.6) is 11.5 Å². The molecule has 150 valence electrons. The van der Waals surface area contributed by atoms with Crippen molar-refractivity contribution in [1.82, 2.24) is 5.43 Å².